The quantitative estimate of drug-likeness (QED) is 0.801. The van der Waals surface area contributed by atoms with Crippen LogP contribution in [-0.4, -0.2) is 66.4 Å². The lowest BCUT2D eigenvalue weighted by atomic mass is 10.1. The van der Waals surface area contributed by atoms with Crippen LogP contribution in [0.3, 0.4) is 0 Å². The van der Waals surface area contributed by atoms with Gasteiger partial charge in [0.1, 0.15) is 17.4 Å². The van der Waals surface area contributed by atoms with Gasteiger partial charge in [-0.2, -0.15) is 5.26 Å². The molecule has 1 aromatic carbocycles. The minimum Gasteiger partial charge on any atom is -0.497 e. The molecule has 2 heterocycles. The Bertz CT molecular complexity index is 849. The molecule has 0 unspecified atom stereocenters. The van der Waals surface area contributed by atoms with Gasteiger partial charge < -0.3 is 14.7 Å². The van der Waals surface area contributed by atoms with E-state index in [0.717, 1.165) is 13.1 Å². The highest BCUT2D eigenvalue weighted by Gasteiger charge is 2.21. The van der Waals surface area contributed by atoms with E-state index >= 15 is 0 Å². The number of nitrogens with zero attached hydrogens (tertiary/aromatic N) is 4. The molecule has 0 bridgehead atoms. The highest BCUT2D eigenvalue weighted by molar-refractivity contribution is 5.67. The number of piperazine rings is 1. The maximum absolute atomic E-state index is 12.4. The van der Waals surface area contributed by atoms with Crippen LogP contribution in [-0.2, 0) is 0 Å². The van der Waals surface area contributed by atoms with Crippen molar-refractivity contribution in [1.82, 2.24) is 14.9 Å². The fourth-order valence-corrected chi connectivity index (χ4v) is 3.00. The van der Waals surface area contributed by atoms with Crippen molar-refractivity contribution in [3.63, 3.8) is 0 Å². The molecule has 1 aromatic heterocycles. The smallest absolute Gasteiger partial charge is 0.270 e. The van der Waals surface area contributed by atoms with Crippen molar-refractivity contribution < 1.29 is 9.84 Å². The number of rotatable bonds is 5. The van der Waals surface area contributed by atoms with Gasteiger partial charge in [0, 0.05) is 38.3 Å². The van der Waals surface area contributed by atoms with Crippen LogP contribution in [0.25, 0.3) is 11.3 Å². The first-order valence-corrected chi connectivity index (χ1v) is 8.43. The third-order valence-corrected chi connectivity index (χ3v) is 4.47. The van der Waals surface area contributed by atoms with Gasteiger partial charge in [-0.05, 0) is 24.3 Å². The molecule has 1 aliphatic rings. The van der Waals surface area contributed by atoms with Gasteiger partial charge in [-0.3, -0.25) is 14.7 Å². The molecule has 26 heavy (non-hydrogen) atoms. The van der Waals surface area contributed by atoms with Gasteiger partial charge in [-0.1, -0.05) is 0 Å². The van der Waals surface area contributed by atoms with Crippen molar-refractivity contribution in [3.05, 3.63) is 40.2 Å². The molecule has 2 N–H and O–H groups in total. The summed E-state index contributed by atoms with van der Waals surface area (Å²) >= 11 is 0. The Kier molecular flexibility index (Phi) is 5.51. The van der Waals surface area contributed by atoms with Crippen molar-refractivity contribution in [2.24, 2.45) is 0 Å². The zero-order valence-corrected chi connectivity index (χ0v) is 14.6. The average Bonchev–Trinajstić information content (AvgIpc) is 2.68. The molecule has 0 spiro atoms. The molecule has 1 saturated heterocycles. The van der Waals surface area contributed by atoms with E-state index < -0.39 is 5.56 Å². The minimum atomic E-state index is -0.443. The number of benzene rings is 1. The SMILES string of the molecule is COc1ccc(-c2nc(N3CCN(CCO)CC3)[nH]c(=O)c2C#N)cc1. The molecular weight excluding hydrogens is 334 g/mol. The van der Waals surface area contributed by atoms with E-state index in [2.05, 4.69) is 14.9 Å². The number of nitrogens with one attached hydrogen (secondary N) is 1. The Morgan fingerprint density at radius 1 is 1.27 bits per heavy atom. The number of H-pyrrole nitrogens is 1. The second-order valence-corrected chi connectivity index (χ2v) is 6.01. The van der Waals surface area contributed by atoms with E-state index in [1.54, 1.807) is 31.4 Å². The van der Waals surface area contributed by atoms with Crippen LogP contribution in [0.4, 0.5) is 5.95 Å². The zero-order chi connectivity index (χ0) is 18.5. The van der Waals surface area contributed by atoms with Crippen molar-refractivity contribution in [1.29, 1.82) is 5.26 Å². The number of aliphatic hydroxyl groups is 1. The number of aromatic nitrogens is 2. The molecule has 0 aliphatic carbocycles. The lowest BCUT2D eigenvalue weighted by molar-refractivity contribution is 0.188. The second-order valence-electron chi connectivity index (χ2n) is 6.01. The van der Waals surface area contributed by atoms with E-state index in [0.29, 0.717) is 42.6 Å². The fraction of sp³-hybridized carbons (Fsp3) is 0.389. The summed E-state index contributed by atoms with van der Waals surface area (Å²) in [6.45, 7) is 3.72. The zero-order valence-electron chi connectivity index (χ0n) is 14.6. The summed E-state index contributed by atoms with van der Waals surface area (Å²) in [5, 5.41) is 18.4. The summed E-state index contributed by atoms with van der Waals surface area (Å²) in [6.07, 6.45) is 0. The summed E-state index contributed by atoms with van der Waals surface area (Å²) < 4.78 is 5.15. The maximum Gasteiger partial charge on any atom is 0.270 e. The van der Waals surface area contributed by atoms with Crippen LogP contribution < -0.4 is 15.2 Å². The number of hydrogen-bond acceptors (Lipinski definition) is 7. The maximum atomic E-state index is 12.4. The molecule has 0 amide bonds. The second kappa shape index (κ2) is 7.99. The van der Waals surface area contributed by atoms with E-state index in [1.165, 1.54) is 0 Å². The highest BCUT2D eigenvalue weighted by Crippen LogP contribution is 2.24. The number of β-amino-alcohol motifs (C(OH)–C–C–N with tert-alkyl or cyclic N) is 1. The third-order valence-electron chi connectivity index (χ3n) is 4.47. The highest BCUT2D eigenvalue weighted by atomic mass is 16.5. The number of anilines is 1. The van der Waals surface area contributed by atoms with Crippen LogP contribution in [0.2, 0.25) is 0 Å². The Morgan fingerprint density at radius 2 is 1.96 bits per heavy atom. The van der Waals surface area contributed by atoms with Crippen molar-refractivity contribution >= 4 is 5.95 Å². The number of aliphatic hydroxyl groups excluding tert-OH is 1. The molecule has 136 valence electrons. The fourth-order valence-electron chi connectivity index (χ4n) is 3.00. The largest absolute Gasteiger partial charge is 0.497 e. The molecule has 1 aliphatic heterocycles. The Labute approximate surface area is 151 Å². The molecule has 2 aromatic rings. The molecule has 0 saturated carbocycles. The van der Waals surface area contributed by atoms with Gasteiger partial charge in [0.25, 0.3) is 5.56 Å². The number of ether oxygens (including phenoxy) is 1. The molecule has 3 rings (SSSR count). The first-order chi connectivity index (χ1) is 12.7. The Balaban J connectivity index is 1.92. The van der Waals surface area contributed by atoms with Gasteiger partial charge in [-0.15, -0.1) is 0 Å². The predicted octanol–water partition coefficient (Wildman–Crippen LogP) is 0.431. The van der Waals surface area contributed by atoms with E-state index in [4.69, 9.17) is 9.84 Å². The molecular formula is C18H21N5O3. The topological polar surface area (TPSA) is 105 Å². The van der Waals surface area contributed by atoms with Gasteiger partial charge in [-0.25, -0.2) is 4.98 Å². The molecule has 0 atom stereocenters. The first kappa shape index (κ1) is 17.9. The van der Waals surface area contributed by atoms with Gasteiger partial charge in [0.2, 0.25) is 5.95 Å². The summed E-state index contributed by atoms with van der Waals surface area (Å²) in [4.78, 5) is 23.8. The van der Waals surface area contributed by atoms with Gasteiger partial charge in [0.15, 0.2) is 0 Å². The number of aromatic amines is 1. The van der Waals surface area contributed by atoms with Crippen LogP contribution in [0.1, 0.15) is 5.56 Å². The van der Waals surface area contributed by atoms with E-state index in [9.17, 15) is 10.1 Å². The summed E-state index contributed by atoms with van der Waals surface area (Å²) in [5.74, 6) is 1.15. The standard InChI is InChI=1S/C18H21N5O3/c1-26-14-4-2-13(3-5-14)16-15(12-19)17(25)21-18(20-16)23-8-6-22(7-9-23)10-11-24/h2-5,24H,6-11H2,1H3,(H,20,21,25). The van der Waals surface area contributed by atoms with Crippen LogP contribution in [0.5, 0.6) is 5.75 Å². The molecule has 0 radical (unpaired) electrons. The summed E-state index contributed by atoms with van der Waals surface area (Å²) in [6, 6.07) is 9.06. The normalized spacial score (nSPS) is 14.9. The summed E-state index contributed by atoms with van der Waals surface area (Å²) in [7, 11) is 1.58. The number of hydrogen-bond donors (Lipinski definition) is 2. The molecule has 8 heteroatoms. The monoisotopic (exact) mass is 355 g/mol. The van der Waals surface area contributed by atoms with Crippen molar-refractivity contribution in [2.45, 2.75) is 0 Å². The third kappa shape index (κ3) is 3.69. The number of nitriles is 1. The lowest BCUT2D eigenvalue weighted by Gasteiger charge is -2.34. The molecule has 8 nitrogen and oxygen atoms in total. The Morgan fingerprint density at radius 3 is 2.54 bits per heavy atom. The minimum absolute atomic E-state index is 0.00201. The average molecular weight is 355 g/mol. The number of methoxy groups -OCH3 is 1. The van der Waals surface area contributed by atoms with Crippen LogP contribution in [0.15, 0.2) is 29.1 Å². The van der Waals surface area contributed by atoms with Crippen LogP contribution >= 0.6 is 0 Å². The first-order valence-electron chi connectivity index (χ1n) is 8.43. The van der Waals surface area contributed by atoms with Crippen molar-refractivity contribution in [2.75, 3.05) is 51.3 Å². The van der Waals surface area contributed by atoms with Crippen LogP contribution in [0, 0.1) is 11.3 Å². The van der Waals surface area contributed by atoms with Gasteiger partial charge >= 0.3 is 0 Å². The van der Waals surface area contributed by atoms with E-state index in [1.807, 2.05) is 11.0 Å². The Hall–Kier alpha value is -2.89. The van der Waals surface area contributed by atoms with E-state index in [-0.39, 0.29) is 12.2 Å². The lowest BCUT2D eigenvalue weighted by Crippen LogP contribution is -2.48. The predicted molar refractivity (Wildman–Crippen MR) is 97.3 cm³/mol. The molecule has 1 fully saturated rings. The van der Waals surface area contributed by atoms with Gasteiger partial charge in [0.05, 0.1) is 19.4 Å². The van der Waals surface area contributed by atoms with Crippen molar-refractivity contribution in [3.8, 4) is 23.1 Å². The summed E-state index contributed by atoms with van der Waals surface area (Å²) in [5.41, 5.74) is 0.610.